The van der Waals surface area contributed by atoms with E-state index in [0.29, 0.717) is 29.2 Å². The average Bonchev–Trinajstić information content (AvgIpc) is 3.23. The quantitative estimate of drug-likeness (QED) is 0.358. The maximum Gasteiger partial charge on any atom is 0.353 e. The third-order valence-electron chi connectivity index (χ3n) is 4.83. The van der Waals surface area contributed by atoms with E-state index in [1.807, 2.05) is 13.0 Å². The fourth-order valence-corrected chi connectivity index (χ4v) is 4.13. The van der Waals surface area contributed by atoms with Crippen LogP contribution in [0.15, 0.2) is 53.4 Å². The van der Waals surface area contributed by atoms with Crippen molar-refractivity contribution in [1.29, 1.82) is 0 Å². The summed E-state index contributed by atoms with van der Waals surface area (Å²) in [6.07, 6.45) is 3.26. The number of hydrogen-bond acceptors (Lipinski definition) is 5. The molecule has 1 aliphatic carbocycles. The normalized spacial score (nSPS) is 22.2. The second kappa shape index (κ2) is 6.53. The molecule has 1 saturated heterocycles. The number of fused-ring (bicyclic) bond motifs is 1. The maximum absolute atomic E-state index is 12.8. The maximum atomic E-state index is 12.8. The topological polar surface area (TPSA) is 63.7 Å². The summed E-state index contributed by atoms with van der Waals surface area (Å²) in [5.74, 6) is -1.07. The molecule has 1 aliphatic heterocycles. The van der Waals surface area contributed by atoms with Crippen LogP contribution in [-0.4, -0.2) is 17.8 Å². The molecule has 0 N–H and O–H groups in total. The molecular formula is C20H17NO4S. The standard InChI is InChI=1S/C20H17NO4S/c1-12-7-8-15-16(10-12)19(23)21(18(15)22)13-4-2-5-14(11-13)25-20(24)17-6-3-9-26-17/h2-7,9,11,15-16H,8,10H2,1H3/t15-,16-/m0/s1. The van der Waals surface area contributed by atoms with Gasteiger partial charge in [0.25, 0.3) is 0 Å². The first-order valence-corrected chi connectivity index (χ1v) is 9.32. The summed E-state index contributed by atoms with van der Waals surface area (Å²) < 4.78 is 5.38. The summed E-state index contributed by atoms with van der Waals surface area (Å²) >= 11 is 1.30. The first-order chi connectivity index (χ1) is 12.5. The van der Waals surface area contributed by atoms with E-state index in [9.17, 15) is 14.4 Å². The minimum atomic E-state index is -0.454. The number of esters is 1. The molecule has 26 heavy (non-hydrogen) atoms. The van der Waals surface area contributed by atoms with Crippen LogP contribution in [0.3, 0.4) is 0 Å². The van der Waals surface area contributed by atoms with Gasteiger partial charge < -0.3 is 4.74 Å². The van der Waals surface area contributed by atoms with Crippen LogP contribution in [-0.2, 0) is 9.59 Å². The van der Waals surface area contributed by atoms with Gasteiger partial charge in [0.1, 0.15) is 10.6 Å². The molecule has 132 valence electrons. The average molecular weight is 367 g/mol. The highest BCUT2D eigenvalue weighted by molar-refractivity contribution is 7.12. The fourth-order valence-electron chi connectivity index (χ4n) is 3.53. The van der Waals surface area contributed by atoms with E-state index in [1.165, 1.54) is 16.2 Å². The molecule has 0 radical (unpaired) electrons. The summed E-state index contributed by atoms with van der Waals surface area (Å²) in [5, 5.41) is 1.80. The third kappa shape index (κ3) is 2.86. The lowest BCUT2D eigenvalue weighted by Gasteiger charge is -2.18. The summed E-state index contributed by atoms with van der Waals surface area (Å²) in [6, 6.07) is 10.0. The number of benzene rings is 1. The number of carbonyl (C=O) groups excluding carboxylic acids is 3. The zero-order chi connectivity index (χ0) is 18.3. The van der Waals surface area contributed by atoms with Crippen molar-refractivity contribution in [3.05, 3.63) is 58.3 Å². The van der Waals surface area contributed by atoms with Gasteiger partial charge in [-0.2, -0.15) is 0 Å². The van der Waals surface area contributed by atoms with Crippen molar-refractivity contribution in [1.82, 2.24) is 0 Å². The highest BCUT2D eigenvalue weighted by Gasteiger charge is 2.48. The zero-order valence-electron chi connectivity index (χ0n) is 14.2. The van der Waals surface area contributed by atoms with Crippen molar-refractivity contribution in [2.75, 3.05) is 4.90 Å². The minimum Gasteiger partial charge on any atom is -0.422 e. The van der Waals surface area contributed by atoms with Crippen LogP contribution >= 0.6 is 11.3 Å². The molecule has 2 atom stereocenters. The molecule has 2 aromatic rings. The molecule has 4 rings (SSSR count). The van der Waals surface area contributed by atoms with Crippen molar-refractivity contribution >= 4 is 34.8 Å². The Hall–Kier alpha value is -2.73. The van der Waals surface area contributed by atoms with E-state index in [0.717, 1.165) is 5.57 Å². The summed E-state index contributed by atoms with van der Waals surface area (Å²) in [5.41, 5.74) is 1.59. The van der Waals surface area contributed by atoms with Crippen LogP contribution in [0.2, 0.25) is 0 Å². The molecule has 6 heteroatoms. The van der Waals surface area contributed by atoms with Gasteiger partial charge in [-0.15, -0.1) is 11.3 Å². The molecule has 2 aliphatic rings. The lowest BCUT2D eigenvalue weighted by Crippen LogP contribution is -2.30. The number of anilines is 1. The first kappa shape index (κ1) is 16.7. The Kier molecular flexibility index (Phi) is 4.20. The zero-order valence-corrected chi connectivity index (χ0v) is 15.0. The lowest BCUT2D eigenvalue weighted by molar-refractivity contribution is -0.122. The molecule has 2 amide bonds. The first-order valence-electron chi connectivity index (χ1n) is 8.44. The van der Waals surface area contributed by atoms with E-state index in [2.05, 4.69) is 0 Å². The van der Waals surface area contributed by atoms with E-state index in [1.54, 1.807) is 41.8 Å². The van der Waals surface area contributed by atoms with E-state index < -0.39 is 5.97 Å². The van der Waals surface area contributed by atoms with Gasteiger partial charge in [0.15, 0.2) is 0 Å². The molecule has 0 bridgehead atoms. The van der Waals surface area contributed by atoms with Gasteiger partial charge in [-0.3, -0.25) is 9.59 Å². The van der Waals surface area contributed by atoms with Crippen LogP contribution in [0.4, 0.5) is 5.69 Å². The number of ether oxygens (including phenoxy) is 1. The van der Waals surface area contributed by atoms with E-state index in [-0.39, 0.29) is 23.7 Å². The smallest absolute Gasteiger partial charge is 0.353 e. The molecule has 5 nitrogen and oxygen atoms in total. The molecule has 1 fully saturated rings. The van der Waals surface area contributed by atoms with Crippen molar-refractivity contribution in [2.45, 2.75) is 19.8 Å². The number of rotatable bonds is 3. The van der Waals surface area contributed by atoms with E-state index >= 15 is 0 Å². The number of carbonyl (C=O) groups is 3. The third-order valence-corrected chi connectivity index (χ3v) is 5.68. The van der Waals surface area contributed by atoms with Crippen LogP contribution in [0.25, 0.3) is 0 Å². The number of nitrogens with zero attached hydrogens (tertiary/aromatic N) is 1. The SMILES string of the molecule is CC1=CC[C@@H]2C(=O)N(c3cccc(OC(=O)c4cccs4)c3)C(=O)[C@H]2C1. The van der Waals surface area contributed by atoms with Crippen molar-refractivity contribution in [3.63, 3.8) is 0 Å². The summed E-state index contributed by atoms with van der Waals surface area (Å²) in [4.78, 5) is 39.4. The Labute approximate surface area is 154 Å². The minimum absolute atomic E-state index is 0.172. The van der Waals surface area contributed by atoms with Gasteiger partial charge in [0.05, 0.1) is 17.5 Å². The molecule has 0 saturated carbocycles. The molecule has 1 aromatic heterocycles. The van der Waals surface area contributed by atoms with Gasteiger partial charge in [0.2, 0.25) is 11.8 Å². The highest BCUT2D eigenvalue weighted by Crippen LogP contribution is 2.40. The van der Waals surface area contributed by atoms with Crippen LogP contribution in [0, 0.1) is 11.8 Å². The lowest BCUT2D eigenvalue weighted by atomic mass is 9.82. The number of allylic oxidation sites excluding steroid dienone is 2. The Morgan fingerprint density at radius 2 is 1.96 bits per heavy atom. The van der Waals surface area contributed by atoms with Gasteiger partial charge in [-0.1, -0.05) is 23.8 Å². The summed E-state index contributed by atoms with van der Waals surface area (Å²) in [6.45, 7) is 1.99. The van der Waals surface area contributed by atoms with Crippen molar-refractivity contribution in [2.24, 2.45) is 11.8 Å². The Morgan fingerprint density at radius 3 is 2.73 bits per heavy atom. The van der Waals surface area contributed by atoms with Gasteiger partial charge in [-0.25, -0.2) is 9.69 Å². The molecular weight excluding hydrogens is 350 g/mol. The molecule has 1 aromatic carbocycles. The second-order valence-electron chi connectivity index (χ2n) is 6.58. The van der Waals surface area contributed by atoms with Crippen LogP contribution < -0.4 is 9.64 Å². The Morgan fingerprint density at radius 1 is 1.15 bits per heavy atom. The monoisotopic (exact) mass is 367 g/mol. The predicted molar refractivity (Wildman–Crippen MR) is 98.2 cm³/mol. The molecule has 2 heterocycles. The second-order valence-corrected chi connectivity index (χ2v) is 7.53. The predicted octanol–water partition coefficient (Wildman–Crippen LogP) is 3.81. The number of amides is 2. The highest BCUT2D eigenvalue weighted by atomic mass is 32.1. The fraction of sp³-hybridized carbons (Fsp3) is 0.250. The van der Waals surface area contributed by atoms with Gasteiger partial charge >= 0.3 is 5.97 Å². The Balaban J connectivity index is 1.58. The van der Waals surface area contributed by atoms with E-state index in [4.69, 9.17) is 4.74 Å². The van der Waals surface area contributed by atoms with Crippen LogP contribution in [0.1, 0.15) is 29.4 Å². The molecule has 0 unspecified atom stereocenters. The largest absolute Gasteiger partial charge is 0.422 e. The number of hydrogen-bond donors (Lipinski definition) is 0. The van der Waals surface area contributed by atoms with Crippen molar-refractivity contribution in [3.8, 4) is 5.75 Å². The van der Waals surface area contributed by atoms with Gasteiger partial charge in [-0.05, 0) is 43.3 Å². The Bertz CT molecular complexity index is 916. The molecule has 0 spiro atoms. The summed E-state index contributed by atoms with van der Waals surface area (Å²) in [7, 11) is 0. The number of imide groups is 1. The number of thiophene rings is 1. The van der Waals surface area contributed by atoms with Crippen LogP contribution in [0.5, 0.6) is 5.75 Å². The van der Waals surface area contributed by atoms with Crippen molar-refractivity contribution < 1.29 is 19.1 Å². The van der Waals surface area contributed by atoms with Gasteiger partial charge in [0, 0.05) is 6.07 Å².